The van der Waals surface area contributed by atoms with Crippen molar-refractivity contribution < 1.29 is 9.90 Å². The molecule has 22 heavy (non-hydrogen) atoms. The van der Waals surface area contributed by atoms with Gasteiger partial charge in [0.25, 0.3) is 0 Å². The van der Waals surface area contributed by atoms with Crippen molar-refractivity contribution in [2.45, 2.75) is 58.6 Å². The van der Waals surface area contributed by atoms with Crippen LogP contribution in [0.1, 0.15) is 51.1 Å². The van der Waals surface area contributed by atoms with Crippen LogP contribution in [0, 0.1) is 11.3 Å². The van der Waals surface area contributed by atoms with Gasteiger partial charge in [-0.15, -0.1) is 5.10 Å². The molecule has 3 rings (SSSR count). The van der Waals surface area contributed by atoms with Gasteiger partial charge in [0.05, 0.1) is 12.8 Å². The third-order valence-electron chi connectivity index (χ3n) is 5.11. The van der Waals surface area contributed by atoms with Gasteiger partial charge in [0, 0.05) is 26.1 Å². The minimum Gasteiger partial charge on any atom is -0.390 e. The molecule has 6 nitrogen and oxygen atoms in total. The fourth-order valence-electron chi connectivity index (χ4n) is 3.24. The van der Waals surface area contributed by atoms with Crippen LogP contribution >= 0.6 is 0 Å². The zero-order valence-electron chi connectivity index (χ0n) is 13.4. The molecule has 1 aromatic rings. The van der Waals surface area contributed by atoms with Crippen LogP contribution in [0.15, 0.2) is 6.20 Å². The topological polar surface area (TPSA) is 71.2 Å². The number of carbonyl (C=O) groups is 1. The zero-order chi connectivity index (χ0) is 15.6. The minimum absolute atomic E-state index is 0.0754. The van der Waals surface area contributed by atoms with Crippen LogP contribution in [0.25, 0.3) is 0 Å². The quantitative estimate of drug-likeness (QED) is 0.866. The lowest BCUT2D eigenvalue weighted by Crippen LogP contribution is -2.41. The number of hydrogen-bond acceptors (Lipinski definition) is 4. The van der Waals surface area contributed by atoms with E-state index in [1.54, 1.807) is 10.9 Å². The molecule has 1 N–H and O–H groups in total. The van der Waals surface area contributed by atoms with Gasteiger partial charge in [-0.2, -0.15) is 0 Å². The molecule has 1 atom stereocenters. The van der Waals surface area contributed by atoms with E-state index in [1.165, 1.54) is 12.8 Å². The Hall–Kier alpha value is -1.43. The van der Waals surface area contributed by atoms with Gasteiger partial charge in [-0.05, 0) is 43.4 Å². The normalized spacial score (nSPS) is 23.5. The van der Waals surface area contributed by atoms with Crippen molar-refractivity contribution >= 4 is 5.91 Å². The Morgan fingerprint density at radius 3 is 3.00 bits per heavy atom. The summed E-state index contributed by atoms with van der Waals surface area (Å²) >= 11 is 0. The summed E-state index contributed by atoms with van der Waals surface area (Å²) in [5.41, 5.74) is 1.05. The highest BCUT2D eigenvalue weighted by atomic mass is 16.3. The molecule has 1 saturated carbocycles. The van der Waals surface area contributed by atoms with Crippen LogP contribution in [0.3, 0.4) is 0 Å². The van der Waals surface area contributed by atoms with Gasteiger partial charge >= 0.3 is 0 Å². The molecule has 1 amide bonds. The first-order valence-electron chi connectivity index (χ1n) is 8.36. The fraction of sp³-hybridized carbons (Fsp3) is 0.812. The molecule has 1 aliphatic heterocycles. The lowest BCUT2D eigenvalue weighted by atomic mass is 9.96. The highest BCUT2D eigenvalue weighted by molar-refractivity contribution is 5.76. The monoisotopic (exact) mass is 306 g/mol. The van der Waals surface area contributed by atoms with Crippen molar-refractivity contribution in [1.82, 2.24) is 19.9 Å². The average Bonchev–Trinajstić information content (AvgIpc) is 3.09. The molecule has 0 aromatic carbocycles. The smallest absolute Gasteiger partial charge is 0.222 e. The number of likely N-dealkylation sites (tertiary alicyclic amines) is 1. The Bertz CT molecular complexity index is 524. The molecular formula is C16H26N4O2. The van der Waals surface area contributed by atoms with Gasteiger partial charge in [0.15, 0.2) is 0 Å². The fourth-order valence-corrected chi connectivity index (χ4v) is 3.24. The van der Waals surface area contributed by atoms with Gasteiger partial charge in [-0.25, -0.2) is 0 Å². The summed E-state index contributed by atoms with van der Waals surface area (Å²) in [5, 5.41) is 17.0. The van der Waals surface area contributed by atoms with E-state index in [0.717, 1.165) is 38.9 Å². The standard InChI is InChI=1S/C16H26N4O2/c1-16(6-7-16)5-4-15(22)19-8-2-3-13(9-19)10-20-11-14(12-21)17-18-20/h11,13,21H,2-10,12H2,1H3. The van der Waals surface area contributed by atoms with Crippen LogP contribution in [-0.4, -0.2) is 44.0 Å². The van der Waals surface area contributed by atoms with E-state index < -0.39 is 0 Å². The Morgan fingerprint density at radius 1 is 1.50 bits per heavy atom. The highest BCUT2D eigenvalue weighted by Crippen LogP contribution is 2.48. The highest BCUT2D eigenvalue weighted by Gasteiger charge is 2.37. The van der Waals surface area contributed by atoms with E-state index in [-0.39, 0.29) is 6.61 Å². The lowest BCUT2D eigenvalue weighted by molar-refractivity contribution is -0.133. The molecule has 122 valence electrons. The molecule has 2 aliphatic rings. The van der Waals surface area contributed by atoms with Crippen molar-refractivity contribution in [2.24, 2.45) is 11.3 Å². The Labute approximate surface area is 131 Å². The van der Waals surface area contributed by atoms with Crippen molar-refractivity contribution in [1.29, 1.82) is 0 Å². The summed E-state index contributed by atoms with van der Waals surface area (Å²) < 4.78 is 1.79. The van der Waals surface area contributed by atoms with Gasteiger partial charge in [-0.3, -0.25) is 9.48 Å². The number of aromatic nitrogens is 3. The average molecular weight is 306 g/mol. The maximum Gasteiger partial charge on any atom is 0.222 e. The molecule has 6 heteroatoms. The number of hydrogen-bond donors (Lipinski definition) is 1. The minimum atomic E-state index is -0.0754. The molecule has 1 aliphatic carbocycles. The molecule has 0 bridgehead atoms. The molecule has 0 radical (unpaired) electrons. The maximum atomic E-state index is 12.4. The summed E-state index contributed by atoms with van der Waals surface area (Å²) in [6.45, 7) is 4.69. The third kappa shape index (κ3) is 3.85. The van der Waals surface area contributed by atoms with Crippen LogP contribution in [0.4, 0.5) is 0 Å². The van der Waals surface area contributed by atoms with Crippen LogP contribution in [0.2, 0.25) is 0 Å². The molecule has 0 spiro atoms. The van der Waals surface area contributed by atoms with Crippen LogP contribution in [0.5, 0.6) is 0 Å². The number of amides is 1. The van der Waals surface area contributed by atoms with Gasteiger partial charge in [0.2, 0.25) is 5.91 Å². The third-order valence-corrected chi connectivity index (χ3v) is 5.11. The second-order valence-electron chi connectivity index (χ2n) is 7.25. The first-order valence-corrected chi connectivity index (χ1v) is 8.36. The Kier molecular flexibility index (Phi) is 4.47. The van der Waals surface area contributed by atoms with E-state index in [4.69, 9.17) is 5.11 Å². The predicted octanol–water partition coefficient (Wildman–Crippen LogP) is 1.59. The molecular weight excluding hydrogens is 280 g/mol. The predicted molar refractivity (Wildman–Crippen MR) is 81.8 cm³/mol. The van der Waals surface area contributed by atoms with E-state index in [9.17, 15) is 4.79 Å². The maximum absolute atomic E-state index is 12.4. The van der Waals surface area contributed by atoms with Crippen molar-refractivity contribution in [3.63, 3.8) is 0 Å². The number of carbonyl (C=O) groups excluding carboxylic acids is 1. The molecule has 1 aromatic heterocycles. The largest absolute Gasteiger partial charge is 0.390 e. The van der Waals surface area contributed by atoms with Crippen molar-refractivity contribution in [3.05, 3.63) is 11.9 Å². The number of nitrogens with zero attached hydrogens (tertiary/aromatic N) is 4. The summed E-state index contributed by atoms with van der Waals surface area (Å²) in [4.78, 5) is 14.4. The van der Waals surface area contributed by atoms with Crippen LogP contribution < -0.4 is 0 Å². The molecule has 1 unspecified atom stereocenters. The van der Waals surface area contributed by atoms with Crippen molar-refractivity contribution in [2.75, 3.05) is 13.1 Å². The zero-order valence-corrected chi connectivity index (χ0v) is 13.4. The van der Waals surface area contributed by atoms with Gasteiger partial charge < -0.3 is 10.0 Å². The van der Waals surface area contributed by atoms with Crippen molar-refractivity contribution in [3.8, 4) is 0 Å². The van der Waals surface area contributed by atoms with Crippen LogP contribution in [-0.2, 0) is 17.9 Å². The van der Waals surface area contributed by atoms with E-state index in [2.05, 4.69) is 17.2 Å². The molecule has 2 fully saturated rings. The van der Waals surface area contributed by atoms with E-state index in [0.29, 0.717) is 29.4 Å². The second kappa shape index (κ2) is 6.36. The Morgan fingerprint density at radius 2 is 2.32 bits per heavy atom. The SMILES string of the molecule is CC1(CCC(=O)N2CCCC(Cn3cc(CO)nn3)C2)CC1. The lowest BCUT2D eigenvalue weighted by Gasteiger charge is -2.33. The van der Waals surface area contributed by atoms with E-state index in [1.807, 2.05) is 4.90 Å². The number of aliphatic hydroxyl groups is 1. The first-order chi connectivity index (χ1) is 10.6. The summed E-state index contributed by atoms with van der Waals surface area (Å²) in [7, 11) is 0. The van der Waals surface area contributed by atoms with E-state index >= 15 is 0 Å². The summed E-state index contributed by atoms with van der Waals surface area (Å²) in [5.74, 6) is 0.745. The van der Waals surface area contributed by atoms with Gasteiger partial charge in [-0.1, -0.05) is 12.1 Å². The van der Waals surface area contributed by atoms with Gasteiger partial charge in [0.1, 0.15) is 5.69 Å². The summed E-state index contributed by atoms with van der Waals surface area (Å²) in [6, 6.07) is 0. The second-order valence-corrected chi connectivity index (χ2v) is 7.25. The number of aliphatic hydroxyl groups excluding tert-OH is 1. The summed E-state index contributed by atoms with van der Waals surface area (Å²) in [6.07, 6.45) is 8.27. The molecule has 1 saturated heterocycles. The first kappa shape index (κ1) is 15.5. The number of piperidine rings is 1. The Balaban J connectivity index is 1.48. The molecule has 2 heterocycles. The number of rotatable bonds is 6.